The molecule has 0 saturated heterocycles. The molecule has 0 aromatic carbocycles. The molecule has 0 aliphatic heterocycles. The summed E-state index contributed by atoms with van der Waals surface area (Å²) in [6.07, 6.45) is 0. The van der Waals surface area contributed by atoms with E-state index >= 15 is 0 Å². The van der Waals surface area contributed by atoms with Crippen LogP contribution in [0.5, 0.6) is 0 Å². The molecule has 0 aromatic heterocycles. The van der Waals surface area contributed by atoms with Crippen molar-refractivity contribution in [3.05, 3.63) is 0 Å². The standard InChI is InChI=1S/3C4H7NO4.2Dy/c3*6-3(7)1-5-2-4(8)9;;/h3*5H,1-2H2,(H,6,7)(H,8,9);;. The van der Waals surface area contributed by atoms with Crippen molar-refractivity contribution in [2.75, 3.05) is 39.3 Å². The molecule has 15 nitrogen and oxygen atoms in total. The van der Waals surface area contributed by atoms with E-state index < -0.39 is 35.8 Å². The summed E-state index contributed by atoms with van der Waals surface area (Å²) in [5, 5.41) is 54.4. The van der Waals surface area contributed by atoms with Crippen LogP contribution in [-0.2, 0) is 28.8 Å². The minimum Gasteiger partial charge on any atom is -0.480 e. The molecule has 0 rings (SSSR count). The molecule has 0 heterocycles. The number of aliphatic carboxylic acids is 6. The van der Waals surface area contributed by atoms with E-state index in [2.05, 4.69) is 16.0 Å². The summed E-state index contributed by atoms with van der Waals surface area (Å²) < 4.78 is 0. The Morgan fingerprint density at radius 2 is 0.483 bits per heavy atom. The average molecular weight is 724 g/mol. The molecule has 0 bridgehead atoms. The van der Waals surface area contributed by atoms with Gasteiger partial charge in [-0.1, -0.05) is 0 Å². The van der Waals surface area contributed by atoms with Crippen molar-refractivity contribution in [1.82, 2.24) is 16.0 Å². The smallest absolute Gasteiger partial charge is 0.317 e. The van der Waals surface area contributed by atoms with Crippen LogP contribution in [0.2, 0.25) is 0 Å². The minimum absolute atomic E-state index is 0. The maximum absolute atomic E-state index is 9.73. The molecule has 0 saturated carbocycles. The Morgan fingerprint density at radius 1 is 0.379 bits per heavy atom. The van der Waals surface area contributed by atoms with Crippen molar-refractivity contribution >= 4 is 35.8 Å². The largest absolute Gasteiger partial charge is 0.480 e. The molecule has 0 aromatic rings. The number of carbonyl (C=O) groups is 6. The number of hydrogen-bond donors (Lipinski definition) is 9. The molecule has 17 heteroatoms. The van der Waals surface area contributed by atoms with Crippen molar-refractivity contribution in [2.45, 2.75) is 0 Å². The molecule has 0 unspecified atom stereocenters. The van der Waals surface area contributed by atoms with E-state index in [-0.39, 0.29) is 116 Å². The van der Waals surface area contributed by atoms with Gasteiger partial charge in [-0.15, -0.1) is 0 Å². The second-order valence-electron chi connectivity index (χ2n) is 4.17. The van der Waals surface area contributed by atoms with E-state index in [1.54, 1.807) is 0 Å². The Kier molecular flexibility index (Phi) is 36.5. The molecule has 9 N–H and O–H groups in total. The first-order valence-corrected chi connectivity index (χ1v) is 6.81. The van der Waals surface area contributed by atoms with Gasteiger partial charge in [0.25, 0.3) is 0 Å². The van der Waals surface area contributed by atoms with Gasteiger partial charge in [0.15, 0.2) is 0 Å². The fourth-order valence-corrected chi connectivity index (χ4v) is 0.829. The third-order valence-corrected chi connectivity index (χ3v) is 1.66. The molecule has 0 radical (unpaired) electrons. The van der Waals surface area contributed by atoms with Gasteiger partial charge in [0.05, 0.1) is 39.3 Å². The normalized spacial score (nSPS) is 8.28. The second-order valence-corrected chi connectivity index (χ2v) is 4.17. The Bertz CT molecular complexity index is 405. The molecule has 29 heavy (non-hydrogen) atoms. The predicted molar refractivity (Wildman–Crippen MR) is 84.4 cm³/mol. The van der Waals surface area contributed by atoms with Gasteiger partial charge in [-0.3, -0.25) is 44.7 Å². The molecular formula is C12H21Dy2N3O12. The number of nitrogens with one attached hydrogen (secondary N) is 3. The summed E-state index contributed by atoms with van der Waals surface area (Å²) in [7, 11) is 0. The third kappa shape index (κ3) is 58.4. The molecule has 176 valence electrons. The van der Waals surface area contributed by atoms with Crippen molar-refractivity contribution < 1.29 is 136 Å². The van der Waals surface area contributed by atoms with Crippen LogP contribution in [0.3, 0.4) is 0 Å². The summed E-state index contributed by atoms with van der Waals surface area (Å²) in [6.45, 7) is -1.88. The number of rotatable bonds is 12. The zero-order valence-electron chi connectivity index (χ0n) is 14.5. The van der Waals surface area contributed by atoms with Crippen LogP contribution >= 0.6 is 0 Å². The van der Waals surface area contributed by atoms with E-state index in [1.807, 2.05) is 0 Å². The maximum Gasteiger partial charge on any atom is 0.317 e. The Balaban J connectivity index is -0.0000000960. The minimum atomic E-state index is -1.06. The van der Waals surface area contributed by atoms with Crippen LogP contribution in [0.25, 0.3) is 0 Å². The second kappa shape index (κ2) is 27.2. The first kappa shape index (κ1) is 38.8. The Morgan fingerprint density at radius 3 is 0.552 bits per heavy atom. The molecule has 0 atom stereocenters. The molecule has 0 spiro atoms. The average Bonchev–Trinajstić information content (AvgIpc) is 2.46. The predicted octanol–water partition coefficient (Wildman–Crippen LogP) is -3.76. The van der Waals surface area contributed by atoms with Gasteiger partial charge >= 0.3 is 35.8 Å². The Labute approximate surface area is 224 Å². The topological polar surface area (TPSA) is 260 Å². The summed E-state index contributed by atoms with van der Waals surface area (Å²) in [6, 6.07) is 0. The van der Waals surface area contributed by atoms with Gasteiger partial charge in [-0.05, 0) is 0 Å². The van der Waals surface area contributed by atoms with Gasteiger partial charge < -0.3 is 30.6 Å². The third-order valence-electron chi connectivity index (χ3n) is 1.66. The van der Waals surface area contributed by atoms with E-state index in [4.69, 9.17) is 30.6 Å². The van der Waals surface area contributed by atoms with E-state index in [1.165, 1.54) is 0 Å². The zero-order chi connectivity index (χ0) is 21.8. The zero-order valence-corrected chi connectivity index (χ0v) is 18.6. The van der Waals surface area contributed by atoms with Gasteiger partial charge in [-0.25, -0.2) is 0 Å². The van der Waals surface area contributed by atoms with E-state index in [0.717, 1.165) is 0 Å². The van der Waals surface area contributed by atoms with Crippen molar-refractivity contribution in [3.63, 3.8) is 0 Å². The first-order valence-electron chi connectivity index (χ1n) is 6.81. The number of carboxylic acid groups (broad SMARTS) is 6. The SMILES string of the molecule is O=C(O)CNCC(=O)O.O=C(O)CNCC(=O)O.O=C(O)CNCC(=O)O.[Dy].[Dy]. The van der Waals surface area contributed by atoms with E-state index in [9.17, 15) is 28.8 Å². The Hall–Kier alpha value is -0.755. The fraction of sp³-hybridized carbons (Fsp3) is 0.500. The molecular weight excluding hydrogens is 703 g/mol. The van der Waals surface area contributed by atoms with Crippen LogP contribution in [0.4, 0.5) is 0 Å². The first-order chi connectivity index (χ1) is 12.4. The molecule has 0 aliphatic rings. The number of hydrogen-bond acceptors (Lipinski definition) is 9. The molecule has 0 amide bonds. The summed E-state index contributed by atoms with van der Waals surface area (Å²) in [5.41, 5.74) is 0. The van der Waals surface area contributed by atoms with Crippen LogP contribution in [0.15, 0.2) is 0 Å². The molecule has 0 fully saturated rings. The maximum atomic E-state index is 9.73. The van der Waals surface area contributed by atoms with Crippen molar-refractivity contribution in [2.24, 2.45) is 0 Å². The number of carboxylic acids is 6. The van der Waals surface area contributed by atoms with Gasteiger partial charge in [-0.2, -0.15) is 0 Å². The van der Waals surface area contributed by atoms with Crippen LogP contribution in [0.1, 0.15) is 0 Å². The van der Waals surface area contributed by atoms with Crippen LogP contribution in [0, 0.1) is 76.3 Å². The fourth-order valence-electron chi connectivity index (χ4n) is 0.829. The van der Waals surface area contributed by atoms with Crippen molar-refractivity contribution in [3.8, 4) is 0 Å². The molecule has 0 aliphatic carbocycles. The summed E-state index contributed by atoms with van der Waals surface area (Å²) in [5.74, 6) is -6.35. The van der Waals surface area contributed by atoms with Gasteiger partial charge in [0.2, 0.25) is 0 Å². The van der Waals surface area contributed by atoms with E-state index in [0.29, 0.717) is 0 Å². The van der Waals surface area contributed by atoms with Gasteiger partial charge in [0.1, 0.15) is 0 Å². The quantitative estimate of drug-likeness (QED) is 0.0937. The summed E-state index contributed by atoms with van der Waals surface area (Å²) >= 11 is 0. The van der Waals surface area contributed by atoms with Crippen molar-refractivity contribution in [1.29, 1.82) is 0 Å². The van der Waals surface area contributed by atoms with Crippen LogP contribution in [-0.4, -0.2) is 106 Å². The monoisotopic (exact) mass is 727 g/mol. The summed E-state index contributed by atoms with van der Waals surface area (Å²) in [4.78, 5) is 58.4. The van der Waals surface area contributed by atoms with Crippen LogP contribution < -0.4 is 16.0 Å². The van der Waals surface area contributed by atoms with Gasteiger partial charge in [0, 0.05) is 76.3 Å².